The molecular formula is C6H11N2O+. The minimum atomic E-state index is -0.651. The van der Waals surface area contributed by atoms with Gasteiger partial charge in [-0.15, -0.1) is 6.58 Å². The van der Waals surface area contributed by atoms with Crippen LogP contribution >= 0.6 is 0 Å². The molecule has 2 atom stereocenters. The van der Waals surface area contributed by atoms with E-state index in [2.05, 4.69) is 12.3 Å². The van der Waals surface area contributed by atoms with E-state index in [0.717, 1.165) is 6.42 Å². The summed E-state index contributed by atoms with van der Waals surface area (Å²) in [6, 6.07) is 0. The molecule has 0 radical (unpaired) electrons. The third-order valence-corrected chi connectivity index (χ3v) is 1.86. The molecule has 3 heteroatoms. The standard InChI is InChI=1S/C6H10N2O/c1-2-4-3-6(4,8)5(7)9/h2,4H,1,3,8H2,(H2,7,9)/p+1/t4-,6?/m0/s1. The lowest BCUT2D eigenvalue weighted by molar-refractivity contribution is -0.309. The average molecular weight is 127 g/mol. The van der Waals surface area contributed by atoms with Crippen molar-refractivity contribution in [1.82, 2.24) is 0 Å². The van der Waals surface area contributed by atoms with Crippen LogP contribution in [0.25, 0.3) is 0 Å². The van der Waals surface area contributed by atoms with Crippen molar-refractivity contribution in [2.24, 2.45) is 11.7 Å². The van der Waals surface area contributed by atoms with E-state index in [0.29, 0.717) is 0 Å². The maximum Gasteiger partial charge on any atom is 0.329 e. The van der Waals surface area contributed by atoms with Gasteiger partial charge in [0.15, 0.2) is 0 Å². The van der Waals surface area contributed by atoms with E-state index in [9.17, 15) is 4.79 Å². The van der Waals surface area contributed by atoms with Gasteiger partial charge in [0.25, 0.3) is 0 Å². The van der Waals surface area contributed by atoms with Crippen LogP contribution in [0, 0.1) is 5.92 Å². The van der Waals surface area contributed by atoms with Crippen LogP contribution in [0.5, 0.6) is 0 Å². The second-order valence-corrected chi connectivity index (χ2v) is 2.51. The normalized spacial score (nSPS) is 40.0. The Hall–Kier alpha value is -0.670. The number of hydrogen-bond donors (Lipinski definition) is 2. The number of carbonyl (C=O) groups excluding carboxylic acids is 1. The molecule has 0 aromatic carbocycles. The fourth-order valence-electron chi connectivity index (χ4n) is 0.919. The van der Waals surface area contributed by atoms with Crippen molar-refractivity contribution in [2.45, 2.75) is 12.0 Å². The molecule has 1 rings (SSSR count). The molecule has 0 spiro atoms. The lowest BCUT2D eigenvalue weighted by Crippen LogP contribution is -2.66. The molecule has 1 amide bonds. The summed E-state index contributed by atoms with van der Waals surface area (Å²) in [5.41, 5.74) is 8.17. The van der Waals surface area contributed by atoms with Crippen molar-refractivity contribution in [3.63, 3.8) is 0 Å². The Morgan fingerprint density at radius 2 is 2.56 bits per heavy atom. The Bertz CT molecular complexity index is 166. The molecule has 0 bridgehead atoms. The van der Waals surface area contributed by atoms with Crippen molar-refractivity contribution in [3.8, 4) is 0 Å². The quantitative estimate of drug-likeness (QED) is 0.451. The highest BCUT2D eigenvalue weighted by atomic mass is 16.1. The van der Waals surface area contributed by atoms with Crippen LogP contribution in [0.1, 0.15) is 6.42 Å². The second-order valence-electron chi connectivity index (χ2n) is 2.51. The SMILES string of the molecule is C=C[C@H]1CC1(N)C([NH3+])=O. The van der Waals surface area contributed by atoms with Crippen LogP contribution in [0.2, 0.25) is 0 Å². The molecule has 3 nitrogen and oxygen atoms in total. The Morgan fingerprint density at radius 1 is 2.00 bits per heavy atom. The molecular weight excluding hydrogens is 116 g/mol. The smallest absolute Gasteiger partial charge is 0.313 e. The molecule has 1 unspecified atom stereocenters. The van der Waals surface area contributed by atoms with Crippen LogP contribution in [-0.4, -0.2) is 11.4 Å². The summed E-state index contributed by atoms with van der Waals surface area (Å²) in [5, 5.41) is 0. The van der Waals surface area contributed by atoms with Crippen molar-refractivity contribution in [2.75, 3.05) is 0 Å². The maximum absolute atomic E-state index is 10.6. The van der Waals surface area contributed by atoms with Gasteiger partial charge in [0.1, 0.15) is 5.54 Å². The monoisotopic (exact) mass is 127 g/mol. The van der Waals surface area contributed by atoms with Gasteiger partial charge >= 0.3 is 5.91 Å². The number of carbonyl (C=O) groups is 1. The summed E-state index contributed by atoms with van der Waals surface area (Å²) in [6.07, 6.45) is 2.43. The van der Waals surface area contributed by atoms with Gasteiger partial charge < -0.3 is 5.73 Å². The molecule has 1 fully saturated rings. The molecule has 0 saturated heterocycles. The first kappa shape index (κ1) is 6.45. The minimum Gasteiger partial charge on any atom is -0.313 e. The summed E-state index contributed by atoms with van der Waals surface area (Å²) in [6.45, 7) is 3.54. The zero-order valence-corrected chi connectivity index (χ0v) is 5.26. The lowest BCUT2D eigenvalue weighted by Gasteiger charge is -1.97. The van der Waals surface area contributed by atoms with E-state index in [-0.39, 0.29) is 11.8 Å². The summed E-state index contributed by atoms with van der Waals surface area (Å²) >= 11 is 0. The number of hydrogen-bond acceptors (Lipinski definition) is 2. The number of nitrogens with two attached hydrogens (primary N) is 1. The molecule has 9 heavy (non-hydrogen) atoms. The van der Waals surface area contributed by atoms with E-state index >= 15 is 0 Å². The molecule has 50 valence electrons. The Morgan fingerprint density at radius 3 is 2.67 bits per heavy atom. The predicted molar refractivity (Wildman–Crippen MR) is 33.1 cm³/mol. The van der Waals surface area contributed by atoms with Gasteiger partial charge in [0.05, 0.1) is 0 Å². The summed E-state index contributed by atoms with van der Waals surface area (Å²) in [4.78, 5) is 10.6. The summed E-state index contributed by atoms with van der Waals surface area (Å²) < 4.78 is 0. The van der Waals surface area contributed by atoms with Crippen LogP contribution in [-0.2, 0) is 4.79 Å². The average Bonchev–Trinajstić information content (AvgIpc) is 2.44. The van der Waals surface area contributed by atoms with Gasteiger partial charge in [0, 0.05) is 5.92 Å². The summed E-state index contributed by atoms with van der Waals surface area (Å²) in [7, 11) is 0. The van der Waals surface area contributed by atoms with Crippen LogP contribution in [0.3, 0.4) is 0 Å². The highest BCUT2D eigenvalue weighted by Gasteiger charge is 2.56. The highest BCUT2D eigenvalue weighted by molar-refractivity contribution is 5.81. The lowest BCUT2D eigenvalue weighted by atomic mass is 10.2. The zero-order chi connectivity index (χ0) is 7.07. The molecule has 0 aromatic heterocycles. The van der Waals surface area contributed by atoms with Crippen LogP contribution < -0.4 is 11.5 Å². The first-order valence-electron chi connectivity index (χ1n) is 2.89. The third kappa shape index (κ3) is 0.781. The Balaban J connectivity index is 2.62. The van der Waals surface area contributed by atoms with E-state index in [4.69, 9.17) is 5.73 Å². The van der Waals surface area contributed by atoms with Crippen molar-refractivity contribution in [3.05, 3.63) is 12.7 Å². The van der Waals surface area contributed by atoms with E-state index in [1.165, 1.54) is 0 Å². The van der Waals surface area contributed by atoms with E-state index in [1.807, 2.05) is 0 Å². The first-order valence-corrected chi connectivity index (χ1v) is 2.89. The van der Waals surface area contributed by atoms with Crippen molar-refractivity contribution < 1.29 is 10.5 Å². The molecule has 5 N–H and O–H groups in total. The molecule has 0 aromatic rings. The fraction of sp³-hybridized carbons (Fsp3) is 0.500. The second kappa shape index (κ2) is 1.65. The number of amides is 1. The topological polar surface area (TPSA) is 70.7 Å². The van der Waals surface area contributed by atoms with E-state index < -0.39 is 5.54 Å². The van der Waals surface area contributed by atoms with Gasteiger partial charge in [-0.05, 0) is 6.42 Å². The molecule has 0 heterocycles. The minimum absolute atomic E-state index is 0.169. The van der Waals surface area contributed by atoms with Crippen molar-refractivity contribution in [1.29, 1.82) is 0 Å². The predicted octanol–water partition coefficient (Wildman–Crippen LogP) is -1.34. The zero-order valence-electron chi connectivity index (χ0n) is 5.26. The van der Waals surface area contributed by atoms with E-state index in [1.54, 1.807) is 6.08 Å². The van der Waals surface area contributed by atoms with Gasteiger partial charge in [-0.3, -0.25) is 5.73 Å². The van der Waals surface area contributed by atoms with Gasteiger partial charge in [0.2, 0.25) is 0 Å². The van der Waals surface area contributed by atoms with Crippen molar-refractivity contribution >= 4 is 5.91 Å². The molecule has 1 aliphatic carbocycles. The fourth-order valence-corrected chi connectivity index (χ4v) is 0.919. The summed E-state index contributed by atoms with van der Waals surface area (Å²) in [5.74, 6) is -0.00472. The largest absolute Gasteiger partial charge is 0.329 e. The van der Waals surface area contributed by atoms with Gasteiger partial charge in [-0.2, -0.15) is 0 Å². The third-order valence-electron chi connectivity index (χ3n) is 1.86. The Kier molecular flexibility index (Phi) is 1.18. The maximum atomic E-state index is 10.6. The Labute approximate surface area is 53.7 Å². The number of quaternary nitrogens is 1. The molecule has 0 aliphatic heterocycles. The molecule has 1 saturated carbocycles. The van der Waals surface area contributed by atoms with Gasteiger partial charge in [-0.1, -0.05) is 6.08 Å². The van der Waals surface area contributed by atoms with Crippen LogP contribution in [0.4, 0.5) is 0 Å². The number of rotatable bonds is 2. The van der Waals surface area contributed by atoms with Gasteiger partial charge in [-0.25, -0.2) is 4.79 Å². The molecule has 1 aliphatic rings. The highest BCUT2D eigenvalue weighted by Crippen LogP contribution is 2.40. The first-order chi connectivity index (χ1) is 4.11. The van der Waals surface area contributed by atoms with Crippen LogP contribution in [0.15, 0.2) is 12.7 Å².